The first-order valence-electron chi connectivity index (χ1n) is 9.12. The lowest BCUT2D eigenvalue weighted by Crippen LogP contribution is -2.12. The summed E-state index contributed by atoms with van der Waals surface area (Å²) in [7, 11) is 0. The zero-order chi connectivity index (χ0) is 18.5. The van der Waals surface area contributed by atoms with Crippen molar-refractivity contribution in [2.45, 2.75) is 46.0 Å². The third-order valence-corrected chi connectivity index (χ3v) is 6.27. The minimum absolute atomic E-state index is 0.0697. The Morgan fingerprint density at radius 1 is 0.962 bits per heavy atom. The highest BCUT2D eigenvalue weighted by Crippen LogP contribution is 2.39. The molecule has 0 atom stereocenters. The zero-order valence-corrected chi connectivity index (χ0v) is 16.8. The molecular weight excluding hydrogens is 336 g/mol. The van der Waals surface area contributed by atoms with E-state index in [1.807, 2.05) is 11.3 Å². The van der Waals surface area contributed by atoms with Gasteiger partial charge in [-0.1, -0.05) is 58.9 Å². The number of nitrogens with zero attached hydrogens (tertiary/aromatic N) is 2. The minimum atomic E-state index is 0.0697. The molecule has 0 amide bonds. The SMILES string of the molecule is CC(C)c1cc2ncnc(-c3cc(C(C)(C)C)c4ccccc4c3)c2s1. The van der Waals surface area contributed by atoms with Gasteiger partial charge in [-0.2, -0.15) is 0 Å². The van der Waals surface area contributed by atoms with Crippen molar-refractivity contribution in [1.29, 1.82) is 0 Å². The minimum Gasteiger partial charge on any atom is -0.235 e. The fourth-order valence-electron chi connectivity index (χ4n) is 3.43. The maximum absolute atomic E-state index is 4.68. The summed E-state index contributed by atoms with van der Waals surface area (Å²) in [5.74, 6) is 0.504. The number of hydrogen-bond acceptors (Lipinski definition) is 3. The molecule has 0 saturated carbocycles. The first-order valence-corrected chi connectivity index (χ1v) is 9.94. The Labute approximate surface area is 158 Å². The molecule has 2 nitrogen and oxygen atoms in total. The van der Waals surface area contributed by atoms with Gasteiger partial charge in [-0.3, -0.25) is 0 Å². The Morgan fingerprint density at radius 2 is 1.73 bits per heavy atom. The molecule has 0 aliphatic carbocycles. The maximum Gasteiger partial charge on any atom is 0.116 e. The normalized spacial score (nSPS) is 12.4. The highest BCUT2D eigenvalue weighted by molar-refractivity contribution is 7.19. The molecule has 0 aliphatic rings. The van der Waals surface area contributed by atoms with E-state index in [9.17, 15) is 0 Å². The quantitative estimate of drug-likeness (QED) is 0.387. The predicted molar refractivity (Wildman–Crippen MR) is 113 cm³/mol. The molecule has 0 bridgehead atoms. The Morgan fingerprint density at radius 3 is 2.46 bits per heavy atom. The van der Waals surface area contributed by atoms with Gasteiger partial charge in [0.05, 0.1) is 15.9 Å². The van der Waals surface area contributed by atoms with E-state index in [-0.39, 0.29) is 5.41 Å². The second-order valence-corrected chi connectivity index (χ2v) is 9.32. The molecule has 0 saturated heterocycles. The van der Waals surface area contributed by atoms with E-state index in [2.05, 4.69) is 87.1 Å². The van der Waals surface area contributed by atoms with Crippen LogP contribution in [0, 0.1) is 0 Å². The molecule has 0 unspecified atom stereocenters. The summed E-state index contributed by atoms with van der Waals surface area (Å²) in [6.07, 6.45) is 1.69. The lowest BCUT2D eigenvalue weighted by Gasteiger charge is -2.22. The van der Waals surface area contributed by atoms with Crippen molar-refractivity contribution in [1.82, 2.24) is 9.97 Å². The van der Waals surface area contributed by atoms with Crippen LogP contribution in [0.15, 0.2) is 48.8 Å². The molecule has 0 radical (unpaired) electrons. The molecule has 132 valence electrons. The monoisotopic (exact) mass is 360 g/mol. The van der Waals surface area contributed by atoms with Gasteiger partial charge >= 0.3 is 0 Å². The van der Waals surface area contributed by atoms with Gasteiger partial charge in [0.15, 0.2) is 0 Å². The van der Waals surface area contributed by atoms with E-state index in [4.69, 9.17) is 0 Å². The molecule has 2 heterocycles. The largest absolute Gasteiger partial charge is 0.235 e. The van der Waals surface area contributed by atoms with E-state index >= 15 is 0 Å². The Kier molecular flexibility index (Phi) is 4.07. The summed E-state index contributed by atoms with van der Waals surface area (Å²) in [6, 6.07) is 15.4. The molecule has 4 aromatic rings. The van der Waals surface area contributed by atoms with Crippen molar-refractivity contribution >= 4 is 32.3 Å². The first kappa shape index (κ1) is 17.2. The fourth-order valence-corrected chi connectivity index (χ4v) is 4.56. The third-order valence-electron chi connectivity index (χ3n) is 4.84. The van der Waals surface area contributed by atoms with Crippen LogP contribution in [-0.4, -0.2) is 9.97 Å². The molecule has 2 aromatic carbocycles. The van der Waals surface area contributed by atoms with Crippen LogP contribution in [0.3, 0.4) is 0 Å². The van der Waals surface area contributed by atoms with E-state index in [0.29, 0.717) is 5.92 Å². The number of benzene rings is 2. The maximum atomic E-state index is 4.68. The summed E-state index contributed by atoms with van der Waals surface area (Å²) in [4.78, 5) is 10.5. The van der Waals surface area contributed by atoms with Crippen molar-refractivity contribution in [3.63, 3.8) is 0 Å². The smallest absolute Gasteiger partial charge is 0.116 e. The Hall–Kier alpha value is -2.26. The van der Waals surface area contributed by atoms with Crippen LogP contribution in [0.5, 0.6) is 0 Å². The van der Waals surface area contributed by atoms with Crippen LogP contribution in [0.25, 0.3) is 32.2 Å². The number of thiophene rings is 1. The Balaban J connectivity index is 2.02. The summed E-state index contributed by atoms with van der Waals surface area (Å²) < 4.78 is 1.19. The van der Waals surface area contributed by atoms with Gasteiger partial charge in [0.1, 0.15) is 6.33 Å². The number of rotatable bonds is 2. The topological polar surface area (TPSA) is 25.8 Å². The van der Waals surface area contributed by atoms with Crippen LogP contribution in [0.4, 0.5) is 0 Å². The highest BCUT2D eigenvalue weighted by Gasteiger charge is 2.20. The van der Waals surface area contributed by atoms with E-state index in [1.165, 1.54) is 31.5 Å². The molecular formula is C23H24N2S. The van der Waals surface area contributed by atoms with Crippen LogP contribution in [0.2, 0.25) is 0 Å². The lowest BCUT2D eigenvalue weighted by molar-refractivity contribution is 0.596. The van der Waals surface area contributed by atoms with Gasteiger partial charge in [-0.05, 0) is 45.9 Å². The van der Waals surface area contributed by atoms with Crippen molar-refractivity contribution in [2.75, 3.05) is 0 Å². The number of hydrogen-bond donors (Lipinski definition) is 0. The van der Waals surface area contributed by atoms with E-state index in [1.54, 1.807) is 6.33 Å². The molecule has 0 N–H and O–H groups in total. The van der Waals surface area contributed by atoms with Gasteiger partial charge in [-0.25, -0.2) is 9.97 Å². The first-order chi connectivity index (χ1) is 12.3. The predicted octanol–water partition coefficient (Wildman–Crippen LogP) is 6.93. The van der Waals surface area contributed by atoms with Gasteiger partial charge in [0.25, 0.3) is 0 Å². The van der Waals surface area contributed by atoms with Crippen LogP contribution >= 0.6 is 11.3 Å². The second-order valence-electron chi connectivity index (χ2n) is 8.24. The molecule has 0 aliphatic heterocycles. The van der Waals surface area contributed by atoms with Crippen LogP contribution in [-0.2, 0) is 5.41 Å². The molecule has 3 heteroatoms. The molecule has 26 heavy (non-hydrogen) atoms. The molecule has 0 fully saturated rings. The average molecular weight is 361 g/mol. The zero-order valence-electron chi connectivity index (χ0n) is 16.0. The molecule has 0 spiro atoms. The average Bonchev–Trinajstić information content (AvgIpc) is 3.04. The number of fused-ring (bicyclic) bond motifs is 2. The van der Waals surface area contributed by atoms with Crippen LogP contribution < -0.4 is 0 Å². The fraction of sp³-hybridized carbons (Fsp3) is 0.304. The Bertz CT molecular complexity index is 1100. The van der Waals surface area contributed by atoms with E-state index < -0.39 is 0 Å². The van der Waals surface area contributed by atoms with Gasteiger partial charge in [-0.15, -0.1) is 11.3 Å². The van der Waals surface area contributed by atoms with Crippen molar-refractivity contribution in [3.05, 3.63) is 59.2 Å². The van der Waals surface area contributed by atoms with E-state index in [0.717, 1.165) is 11.2 Å². The van der Waals surface area contributed by atoms with Crippen LogP contribution in [0.1, 0.15) is 51.0 Å². The second kappa shape index (κ2) is 6.17. The van der Waals surface area contributed by atoms with Crippen molar-refractivity contribution in [3.8, 4) is 11.3 Å². The van der Waals surface area contributed by atoms with Crippen molar-refractivity contribution in [2.24, 2.45) is 0 Å². The summed E-state index contributed by atoms with van der Waals surface area (Å²) in [6.45, 7) is 11.3. The third kappa shape index (κ3) is 2.90. The summed E-state index contributed by atoms with van der Waals surface area (Å²) in [5.41, 5.74) is 4.70. The molecule has 2 aromatic heterocycles. The van der Waals surface area contributed by atoms with Gasteiger partial charge in [0, 0.05) is 10.4 Å². The number of aromatic nitrogens is 2. The van der Waals surface area contributed by atoms with Gasteiger partial charge in [0.2, 0.25) is 0 Å². The highest BCUT2D eigenvalue weighted by atomic mass is 32.1. The standard InChI is InChI=1S/C23H24N2S/c1-14(2)20-12-19-22(26-20)21(25-13-24-19)16-10-15-8-6-7-9-17(15)18(11-16)23(3,4)5/h6-14H,1-5H3. The van der Waals surface area contributed by atoms with Crippen molar-refractivity contribution < 1.29 is 0 Å². The summed E-state index contributed by atoms with van der Waals surface area (Å²) in [5, 5.41) is 2.59. The van der Waals surface area contributed by atoms with Gasteiger partial charge < -0.3 is 0 Å². The molecule has 4 rings (SSSR count). The summed E-state index contributed by atoms with van der Waals surface area (Å²) >= 11 is 1.82. The lowest BCUT2D eigenvalue weighted by atomic mass is 9.82.